The summed E-state index contributed by atoms with van der Waals surface area (Å²) in [6.45, 7) is 7.79. The molecule has 3 N–H and O–H groups in total. The number of nitrogen functional groups attached to an aromatic ring is 1. The maximum Gasteiger partial charge on any atom is 0.0378 e. The van der Waals surface area contributed by atoms with Gasteiger partial charge in [0.15, 0.2) is 0 Å². The van der Waals surface area contributed by atoms with Crippen LogP contribution in [0.2, 0.25) is 0 Å². The van der Waals surface area contributed by atoms with Crippen LogP contribution in [0.25, 0.3) is 0 Å². The van der Waals surface area contributed by atoms with Crippen molar-refractivity contribution in [3.63, 3.8) is 0 Å². The summed E-state index contributed by atoms with van der Waals surface area (Å²) >= 11 is 2.02. The highest BCUT2D eigenvalue weighted by atomic mass is 32.2. The molecule has 1 atom stereocenters. The smallest absolute Gasteiger partial charge is 0.0378 e. The minimum Gasteiger partial charge on any atom is -0.398 e. The molecule has 0 aliphatic carbocycles. The Morgan fingerprint density at radius 3 is 2.79 bits per heavy atom. The van der Waals surface area contributed by atoms with E-state index >= 15 is 0 Å². The molecule has 1 heterocycles. The molecule has 1 aromatic heterocycles. The van der Waals surface area contributed by atoms with E-state index in [1.165, 1.54) is 5.75 Å². The van der Waals surface area contributed by atoms with Gasteiger partial charge in [-0.25, -0.2) is 0 Å². The number of rotatable bonds is 9. The minimum atomic E-state index is 0.482. The van der Waals surface area contributed by atoms with Crippen LogP contribution in [-0.4, -0.2) is 29.1 Å². The lowest BCUT2D eigenvalue weighted by atomic mass is 10.1. The zero-order valence-corrected chi connectivity index (χ0v) is 13.2. The molecule has 0 aromatic carbocycles. The first-order chi connectivity index (χ1) is 9.13. The molecule has 0 saturated carbocycles. The molecule has 0 bridgehead atoms. The number of nitrogens with zero attached hydrogens (tertiary/aromatic N) is 1. The van der Waals surface area contributed by atoms with Gasteiger partial charge in [0.2, 0.25) is 0 Å². The van der Waals surface area contributed by atoms with E-state index in [-0.39, 0.29) is 0 Å². The van der Waals surface area contributed by atoms with Crippen LogP contribution in [0.3, 0.4) is 0 Å². The molecule has 0 amide bonds. The third-order valence-electron chi connectivity index (χ3n) is 2.86. The third kappa shape index (κ3) is 6.83. The summed E-state index contributed by atoms with van der Waals surface area (Å²) in [5, 5.41) is 3.61. The van der Waals surface area contributed by atoms with E-state index in [4.69, 9.17) is 5.73 Å². The highest BCUT2D eigenvalue weighted by Crippen LogP contribution is 2.15. The molecule has 0 radical (unpaired) electrons. The molecule has 3 nitrogen and oxygen atoms in total. The van der Waals surface area contributed by atoms with Crippen LogP contribution < -0.4 is 11.1 Å². The fourth-order valence-electron chi connectivity index (χ4n) is 1.86. The maximum absolute atomic E-state index is 6.00. The second kappa shape index (κ2) is 9.21. The van der Waals surface area contributed by atoms with E-state index in [2.05, 4.69) is 31.1 Å². The maximum atomic E-state index is 6.00. The molecule has 1 unspecified atom stereocenters. The molecule has 1 aromatic rings. The monoisotopic (exact) mass is 281 g/mol. The zero-order chi connectivity index (χ0) is 14.1. The second-order valence-corrected chi connectivity index (χ2v) is 6.44. The Morgan fingerprint density at radius 1 is 1.37 bits per heavy atom. The summed E-state index contributed by atoms with van der Waals surface area (Å²) in [4.78, 5) is 4.17. The number of anilines is 1. The van der Waals surface area contributed by atoms with Crippen molar-refractivity contribution in [2.45, 2.75) is 39.7 Å². The van der Waals surface area contributed by atoms with Crippen LogP contribution >= 0.6 is 11.8 Å². The number of thioether (sulfide) groups is 1. The standard InChI is InChI=1S/C15H27N3S/c1-4-6-18-14(11-19-10-12(2)3)8-13-9-17-7-5-15(13)16/h5,7,9,12,14,18H,4,6,8,10-11H2,1-3H3,(H2,16,17). The van der Waals surface area contributed by atoms with Crippen molar-refractivity contribution in [1.29, 1.82) is 0 Å². The Kier molecular flexibility index (Phi) is 7.91. The number of nitrogens with one attached hydrogen (secondary N) is 1. The lowest BCUT2D eigenvalue weighted by Crippen LogP contribution is -2.34. The molecule has 19 heavy (non-hydrogen) atoms. The average molecular weight is 281 g/mol. The van der Waals surface area contributed by atoms with E-state index < -0.39 is 0 Å². The molecule has 0 aliphatic rings. The largest absolute Gasteiger partial charge is 0.398 e. The minimum absolute atomic E-state index is 0.482. The number of pyridine rings is 1. The highest BCUT2D eigenvalue weighted by Gasteiger charge is 2.11. The normalized spacial score (nSPS) is 12.8. The number of hydrogen-bond acceptors (Lipinski definition) is 4. The van der Waals surface area contributed by atoms with Crippen molar-refractivity contribution < 1.29 is 0 Å². The Morgan fingerprint density at radius 2 is 2.16 bits per heavy atom. The van der Waals surface area contributed by atoms with Gasteiger partial charge < -0.3 is 11.1 Å². The van der Waals surface area contributed by atoms with Crippen LogP contribution in [0, 0.1) is 5.92 Å². The SMILES string of the molecule is CCCNC(CSCC(C)C)Cc1cnccc1N. The molecular formula is C15H27N3S. The van der Waals surface area contributed by atoms with Crippen LogP contribution in [0.1, 0.15) is 32.8 Å². The fourth-order valence-corrected chi connectivity index (χ4v) is 2.99. The van der Waals surface area contributed by atoms with Crippen molar-refractivity contribution in [3.05, 3.63) is 24.0 Å². The molecule has 0 aliphatic heterocycles. The first kappa shape index (κ1) is 16.3. The van der Waals surface area contributed by atoms with Gasteiger partial charge in [-0.05, 0) is 42.7 Å². The Bertz CT molecular complexity index is 355. The lowest BCUT2D eigenvalue weighted by molar-refractivity contribution is 0.549. The van der Waals surface area contributed by atoms with Gasteiger partial charge in [0.1, 0.15) is 0 Å². The van der Waals surface area contributed by atoms with E-state index in [1.54, 1.807) is 6.20 Å². The Balaban J connectivity index is 2.51. The zero-order valence-electron chi connectivity index (χ0n) is 12.4. The topological polar surface area (TPSA) is 50.9 Å². The second-order valence-electron chi connectivity index (χ2n) is 5.36. The van der Waals surface area contributed by atoms with Gasteiger partial charge in [-0.1, -0.05) is 20.8 Å². The summed E-state index contributed by atoms with van der Waals surface area (Å²) in [6.07, 6.45) is 5.77. The molecule has 1 rings (SSSR count). The molecule has 108 valence electrons. The highest BCUT2D eigenvalue weighted by molar-refractivity contribution is 7.99. The van der Waals surface area contributed by atoms with E-state index in [9.17, 15) is 0 Å². The Labute approximate surface area is 121 Å². The predicted octanol–water partition coefficient (Wildman–Crippen LogP) is 2.96. The van der Waals surface area contributed by atoms with Gasteiger partial charge in [0.25, 0.3) is 0 Å². The quantitative estimate of drug-likeness (QED) is 0.730. The molecule has 0 spiro atoms. The van der Waals surface area contributed by atoms with E-state index in [0.717, 1.165) is 42.3 Å². The first-order valence-corrected chi connectivity index (χ1v) is 8.28. The van der Waals surface area contributed by atoms with Gasteiger partial charge in [0.05, 0.1) is 0 Å². The van der Waals surface area contributed by atoms with Crippen LogP contribution in [0.4, 0.5) is 5.69 Å². The fraction of sp³-hybridized carbons (Fsp3) is 0.667. The van der Waals surface area contributed by atoms with Crippen LogP contribution in [0.15, 0.2) is 18.5 Å². The van der Waals surface area contributed by atoms with E-state index in [0.29, 0.717) is 6.04 Å². The van der Waals surface area contributed by atoms with Gasteiger partial charge in [0, 0.05) is 29.9 Å². The summed E-state index contributed by atoms with van der Waals surface area (Å²) in [5.74, 6) is 3.10. The van der Waals surface area contributed by atoms with Crippen molar-refractivity contribution in [3.8, 4) is 0 Å². The van der Waals surface area contributed by atoms with Gasteiger partial charge in [-0.2, -0.15) is 11.8 Å². The van der Waals surface area contributed by atoms with Crippen molar-refractivity contribution in [2.24, 2.45) is 5.92 Å². The summed E-state index contributed by atoms with van der Waals surface area (Å²) in [7, 11) is 0. The third-order valence-corrected chi connectivity index (χ3v) is 4.40. The summed E-state index contributed by atoms with van der Waals surface area (Å²) < 4.78 is 0. The summed E-state index contributed by atoms with van der Waals surface area (Å²) in [6, 6.07) is 2.36. The van der Waals surface area contributed by atoms with Gasteiger partial charge in [-0.15, -0.1) is 0 Å². The molecule has 0 saturated heterocycles. The Hall–Kier alpha value is -0.740. The molecule has 0 fully saturated rings. The van der Waals surface area contributed by atoms with Gasteiger partial charge in [-0.3, -0.25) is 4.98 Å². The average Bonchev–Trinajstić information content (AvgIpc) is 2.37. The number of hydrogen-bond donors (Lipinski definition) is 2. The van der Waals surface area contributed by atoms with Crippen LogP contribution in [-0.2, 0) is 6.42 Å². The molecule has 4 heteroatoms. The predicted molar refractivity (Wildman–Crippen MR) is 86.6 cm³/mol. The van der Waals surface area contributed by atoms with E-state index in [1.807, 2.05) is 24.0 Å². The van der Waals surface area contributed by atoms with Crippen molar-refractivity contribution in [2.75, 3.05) is 23.8 Å². The molecular weight excluding hydrogens is 254 g/mol. The lowest BCUT2D eigenvalue weighted by Gasteiger charge is -2.19. The number of nitrogens with two attached hydrogens (primary N) is 1. The van der Waals surface area contributed by atoms with Crippen LogP contribution in [0.5, 0.6) is 0 Å². The summed E-state index contributed by atoms with van der Waals surface area (Å²) in [5.41, 5.74) is 8.01. The van der Waals surface area contributed by atoms with Crippen molar-refractivity contribution in [1.82, 2.24) is 10.3 Å². The van der Waals surface area contributed by atoms with Gasteiger partial charge >= 0.3 is 0 Å². The number of aromatic nitrogens is 1. The first-order valence-electron chi connectivity index (χ1n) is 7.13. The van der Waals surface area contributed by atoms with Crippen molar-refractivity contribution >= 4 is 17.4 Å².